The van der Waals surface area contributed by atoms with Gasteiger partial charge in [0.15, 0.2) is 0 Å². The van der Waals surface area contributed by atoms with Gasteiger partial charge in [0.1, 0.15) is 5.82 Å². The van der Waals surface area contributed by atoms with Crippen molar-refractivity contribution < 1.29 is 0 Å². The van der Waals surface area contributed by atoms with Crippen LogP contribution in [0.25, 0.3) is 0 Å². The molecular weight excluding hydrogens is 222 g/mol. The van der Waals surface area contributed by atoms with Crippen molar-refractivity contribution >= 4 is 0 Å². The summed E-state index contributed by atoms with van der Waals surface area (Å²) in [7, 11) is 0. The van der Waals surface area contributed by atoms with Crippen molar-refractivity contribution in [1.29, 1.82) is 0 Å². The molecule has 1 heterocycles. The number of aryl methyl sites for hydroxylation is 1. The van der Waals surface area contributed by atoms with Gasteiger partial charge in [-0.15, -0.1) is 0 Å². The van der Waals surface area contributed by atoms with E-state index in [1.165, 1.54) is 50.8 Å². The summed E-state index contributed by atoms with van der Waals surface area (Å²) in [5.74, 6) is 1.24. The molecule has 0 aliphatic heterocycles. The summed E-state index contributed by atoms with van der Waals surface area (Å²) >= 11 is 0. The topological polar surface area (TPSA) is 29.9 Å². The molecule has 1 aromatic rings. The summed E-state index contributed by atoms with van der Waals surface area (Å²) < 4.78 is 2.30. The maximum atomic E-state index is 4.42. The first-order chi connectivity index (χ1) is 8.90. The summed E-state index contributed by atoms with van der Waals surface area (Å²) in [6, 6.07) is 0.755. The summed E-state index contributed by atoms with van der Waals surface area (Å²) in [4.78, 5) is 4.42. The summed E-state index contributed by atoms with van der Waals surface area (Å²) in [6.45, 7) is 4.35. The highest BCUT2D eigenvalue weighted by atomic mass is 15.1. The molecule has 18 heavy (non-hydrogen) atoms. The third-order valence-corrected chi connectivity index (χ3v) is 3.92. The first kappa shape index (κ1) is 13.6. The van der Waals surface area contributed by atoms with Crippen LogP contribution >= 0.6 is 0 Å². The molecule has 2 rings (SSSR count). The van der Waals surface area contributed by atoms with Crippen molar-refractivity contribution in [2.45, 2.75) is 70.9 Å². The minimum absolute atomic E-state index is 0.755. The number of hydrogen-bond donors (Lipinski definition) is 1. The molecule has 0 saturated heterocycles. The maximum Gasteiger partial charge on any atom is 0.108 e. The average Bonchev–Trinajstić information content (AvgIpc) is 2.65. The molecule has 0 unspecified atom stereocenters. The van der Waals surface area contributed by atoms with Gasteiger partial charge in [0.2, 0.25) is 0 Å². The number of hydrogen-bond acceptors (Lipinski definition) is 2. The Bertz CT molecular complexity index is 324. The van der Waals surface area contributed by atoms with Crippen LogP contribution in [0, 0.1) is 0 Å². The highest BCUT2D eigenvalue weighted by molar-refractivity contribution is 4.92. The third-order valence-electron chi connectivity index (χ3n) is 3.92. The zero-order valence-corrected chi connectivity index (χ0v) is 11.7. The molecule has 1 aromatic heterocycles. The molecule has 0 amide bonds. The fourth-order valence-electron chi connectivity index (χ4n) is 2.87. The van der Waals surface area contributed by atoms with Crippen LogP contribution in [0.5, 0.6) is 0 Å². The lowest BCUT2D eigenvalue weighted by atomic mass is 10.1. The molecule has 0 bridgehead atoms. The molecule has 3 nitrogen and oxygen atoms in total. The second kappa shape index (κ2) is 7.57. The summed E-state index contributed by atoms with van der Waals surface area (Å²) in [6.07, 6.45) is 14.7. The smallest absolute Gasteiger partial charge is 0.108 e. The minimum atomic E-state index is 0.755. The molecule has 0 radical (unpaired) electrons. The molecule has 3 heteroatoms. The van der Waals surface area contributed by atoms with Gasteiger partial charge in [0.25, 0.3) is 0 Å². The fourth-order valence-corrected chi connectivity index (χ4v) is 2.87. The molecule has 102 valence electrons. The summed E-state index contributed by atoms with van der Waals surface area (Å²) in [5, 5.41) is 3.72. The van der Waals surface area contributed by atoms with Crippen molar-refractivity contribution in [3.63, 3.8) is 0 Å². The second-order valence-corrected chi connectivity index (χ2v) is 5.43. The van der Waals surface area contributed by atoms with Crippen LogP contribution in [0.2, 0.25) is 0 Å². The SMILES string of the molecule is CCCc1nccn1CCNC1CCCCCC1. The Morgan fingerprint density at radius 1 is 1.28 bits per heavy atom. The van der Waals surface area contributed by atoms with Gasteiger partial charge >= 0.3 is 0 Å². The van der Waals surface area contributed by atoms with Crippen molar-refractivity contribution in [3.05, 3.63) is 18.2 Å². The Morgan fingerprint density at radius 3 is 2.78 bits per heavy atom. The lowest BCUT2D eigenvalue weighted by Crippen LogP contribution is -2.31. The van der Waals surface area contributed by atoms with E-state index in [9.17, 15) is 0 Å². The predicted octanol–water partition coefficient (Wildman–Crippen LogP) is 3.15. The van der Waals surface area contributed by atoms with Crippen LogP contribution in [-0.4, -0.2) is 22.1 Å². The van der Waals surface area contributed by atoms with Crippen molar-refractivity contribution in [1.82, 2.24) is 14.9 Å². The second-order valence-electron chi connectivity index (χ2n) is 5.43. The monoisotopic (exact) mass is 249 g/mol. The molecule has 0 spiro atoms. The number of rotatable bonds is 6. The van der Waals surface area contributed by atoms with Crippen LogP contribution in [-0.2, 0) is 13.0 Å². The molecule has 1 saturated carbocycles. The predicted molar refractivity (Wildman–Crippen MR) is 75.7 cm³/mol. The van der Waals surface area contributed by atoms with Crippen LogP contribution in [0.3, 0.4) is 0 Å². The molecule has 0 aromatic carbocycles. The number of aromatic nitrogens is 2. The van der Waals surface area contributed by atoms with Gasteiger partial charge < -0.3 is 9.88 Å². The minimum Gasteiger partial charge on any atom is -0.334 e. The molecule has 1 aliphatic carbocycles. The van der Waals surface area contributed by atoms with E-state index in [1.807, 2.05) is 6.20 Å². The maximum absolute atomic E-state index is 4.42. The fraction of sp³-hybridized carbons (Fsp3) is 0.800. The lowest BCUT2D eigenvalue weighted by Gasteiger charge is -2.16. The average molecular weight is 249 g/mol. The van der Waals surface area contributed by atoms with E-state index < -0.39 is 0 Å². The van der Waals surface area contributed by atoms with E-state index in [4.69, 9.17) is 0 Å². The van der Waals surface area contributed by atoms with Gasteiger partial charge in [0, 0.05) is 37.9 Å². The van der Waals surface area contributed by atoms with Crippen LogP contribution in [0.4, 0.5) is 0 Å². The normalized spacial score (nSPS) is 17.8. The van der Waals surface area contributed by atoms with Gasteiger partial charge in [-0.2, -0.15) is 0 Å². The molecular formula is C15H27N3. The molecule has 1 fully saturated rings. The zero-order valence-electron chi connectivity index (χ0n) is 11.7. The highest BCUT2D eigenvalue weighted by Gasteiger charge is 2.11. The quantitative estimate of drug-likeness (QED) is 0.785. The number of imidazole rings is 1. The van der Waals surface area contributed by atoms with Gasteiger partial charge in [-0.05, 0) is 19.3 Å². The largest absolute Gasteiger partial charge is 0.334 e. The molecule has 1 aliphatic rings. The van der Waals surface area contributed by atoms with E-state index in [2.05, 4.69) is 28.0 Å². The molecule has 1 N–H and O–H groups in total. The Hall–Kier alpha value is -0.830. The Labute approximate surface area is 111 Å². The van der Waals surface area contributed by atoms with Crippen LogP contribution < -0.4 is 5.32 Å². The van der Waals surface area contributed by atoms with Crippen LogP contribution in [0.1, 0.15) is 57.7 Å². The third kappa shape index (κ3) is 4.13. The Balaban J connectivity index is 1.72. The summed E-state index contributed by atoms with van der Waals surface area (Å²) in [5.41, 5.74) is 0. The van der Waals surface area contributed by atoms with E-state index >= 15 is 0 Å². The molecule has 0 atom stereocenters. The van der Waals surface area contributed by atoms with Crippen molar-refractivity contribution in [2.24, 2.45) is 0 Å². The van der Waals surface area contributed by atoms with Gasteiger partial charge in [-0.1, -0.05) is 32.6 Å². The van der Waals surface area contributed by atoms with E-state index in [1.54, 1.807) is 0 Å². The Kier molecular flexibility index (Phi) is 5.72. The standard InChI is InChI=1S/C15H27N3/c1-2-7-15-17-11-13-18(15)12-10-16-14-8-5-3-4-6-9-14/h11,13-14,16H,2-10,12H2,1H3. The number of nitrogens with one attached hydrogen (secondary N) is 1. The van der Waals surface area contributed by atoms with Gasteiger partial charge in [-0.3, -0.25) is 0 Å². The number of nitrogens with zero attached hydrogens (tertiary/aromatic N) is 2. The first-order valence-electron chi connectivity index (χ1n) is 7.63. The lowest BCUT2D eigenvalue weighted by molar-refractivity contribution is 0.442. The Morgan fingerprint density at radius 2 is 2.06 bits per heavy atom. The van der Waals surface area contributed by atoms with Crippen molar-refractivity contribution in [2.75, 3.05) is 6.54 Å². The van der Waals surface area contributed by atoms with Crippen molar-refractivity contribution in [3.8, 4) is 0 Å². The zero-order chi connectivity index (χ0) is 12.6. The van der Waals surface area contributed by atoms with E-state index in [0.29, 0.717) is 0 Å². The van der Waals surface area contributed by atoms with E-state index in [0.717, 1.165) is 25.6 Å². The van der Waals surface area contributed by atoms with E-state index in [-0.39, 0.29) is 0 Å². The first-order valence-corrected chi connectivity index (χ1v) is 7.63. The van der Waals surface area contributed by atoms with Gasteiger partial charge in [0.05, 0.1) is 0 Å². The van der Waals surface area contributed by atoms with Gasteiger partial charge in [-0.25, -0.2) is 4.98 Å². The van der Waals surface area contributed by atoms with Crippen LogP contribution in [0.15, 0.2) is 12.4 Å². The highest BCUT2D eigenvalue weighted by Crippen LogP contribution is 2.16.